The Balaban J connectivity index is 1.61. The highest BCUT2D eigenvalue weighted by molar-refractivity contribution is 7.99. The van der Waals surface area contributed by atoms with Crippen LogP contribution in [0, 0.1) is 6.92 Å². The van der Waals surface area contributed by atoms with E-state index in [1.807, 2.05) is 11.8 Å². The van der Waals surface area contributed by atoms with Gasteiger partial charge in [-0.3, -0.25) is 0 Å². The number of rotatable bonds is 5. The smallest absolute Gasteiger partial charge is 0.191 e. The van der Waals surface area contributed by atoms with Crippen LogP contribution in [-0.2, 0) is 7.05 Å². The molecule has 0 bridgehead atoms. The van der Waals surface area contributed by atoms with Crippen molar-refractivity contribution < 1.29 is 0 Å². The first-order chi connectivity index (χ1) is 10.7. The molecule has 0 atom stereocenters. The third-order valence-corrected chi connectivity index (χ3v) is 5.20. The van der Waals surface area contributed by atoms with Gasteiger partial charge in [-0.05, 0) is 38.9 Å². The number of benzene rings is 1. The Labute approximate surface area is 136 Å². The lowest BCUT2D eigenvalue weighted by atomic mass is 10.1. The van der Waals surface area contributed by atoms with E-state index < -0.39 is 0 Å². The molecular formula is C17H24N4S. The number of aryl methyl sites for hydroxylation is 1. The molecule has 2 aromatic rings. The van der Waals surface area contributed by atoms with Gasteiger partial charge in [-0.2, -0.15) is 0 Å². The Morgan fingerprint density at radius 3 is 2.73 bits per heavy atom. The molecule has 5 heteroatoms. The van der Waals surface area contributed by atoms with E-state index in [1.54, 1.807) is 0 Å². The maximum atomic E-state index is 4.37. The second-order valence-electron chi connectivity index (χ2n) is 5.99. The fourth-order valence-corrected chi connectivity index (χ4v) is 3.84. The van der Waals surface area contributed by atoms with Crippen molar-refractivity contribution >= 4 is 11.8 Å². The molecule has 1 aliphatic heterocycles. The summed E-state index contributed by atoms with van der Waals surface area (Å²) in [6.07, 6.45) is 4.10. The van der Waals surface area contributed by atoms with Gasteiger partial charge in [0.05, 0.1) is 0 Å². The van der Waals surface area contributed by atoms with Crippen molar-refractivity contribution in [3.63, 3.8) is 0 Å². The number of thioether (sulfide) groups is 1. The molecule has 1 aliphatic rings. The van der Waals surface area contributed by atoms with Crippen molar-refractivity contribution in [3.05, 3.63) is 29.8 Å². The zero-order valence-corrected chi connectivity index (χ0v) is 14.3. The van der Waals surface area contributed by atoms with Crippen LogP contribution in [0.4, 0.5) is 0 Å². The number of hydrogen-bond acceptors (Lipinski definition) is 4. The fourth-order valence-electron chi connectivity index (χ4n) is 2.93. The van der Waals surface area contributed by atoms with Gasteiger partial charge in [0.15, 0.2) is 11.0 Å². The molecule has 1 aromatic carbocycles. The third kappa shape index (κ3) is 3.70. The second kappa shape index (κ2) is 7.29. The first-order valence-electron chi connectivity index (χ1n) is 8.05. The molecule has 1 saturated heterocycles. The quantitative estimate of drug-likeness (QED) is 0.792. The number of nitrogens with zero attached hydrogens (tertiary/aromatic N) is 4. The molecule has 2 heterocycles. The van der Waals surface area contributed by atoms with Crippen LogP contribution < -0.4 is 0 Å². The molecule has 0 spiro atoms. The van der Waals surface area contributed by atoms with E-state index in [9.17, 15) is 0 Å². The lowest BCUT2D eigenvalue weighted by Crippen LogP contribution is -2.31. The molecule has 0 N–H and O–H groups in total. The van der Waals surface area contributed by atoms with E-state index in [2.05, 4.69) is 57.9 Å². The summed E-state index contributed by atoms with van der Waals surface area (Å²) in [5.74, 6) is 2.03. The zero-order chi connectivity index (χ0) is 15.4. The monoisotopic (exact) mass is 316 g/mol. The van der Waals surface area contributed by atoms with Crippen LogP contribution in [0.5, 0.6) is 0 Å². The summed E-state index contributed by atoms with van der Waals surface area (Å²) in [5, 5.41) is 9.74. The number of hydrogen-bond donors (Lipinski definition) is 0. The van der Waals surface area contributed by atoms with Gasteiger partial charge in [-0.1, -0.05) is 41.9 Å². The highest BCUT2D eigenvalue weighted by atomic mass is 32.2. The van der Waals surface area contributed by atoms with Gasteiger partial charge in [-0.15, -0.1) is 10.2 Å². The van der Waals surface area contributed by atoms with Crippen LogP contribution >= 0.6 is 11.8 Å². The summed E-state index contributed by atoms with van der Waals surface area (Å²) in [5.41, 5.74) is 2.39. The first kappa shape index (κ1) is 15.6. The van der Waals surface area contributed by atoms with Gasteiger partial charge >= 0.3 is 0 Å². The van der Waals surface area contributed by atoms with Gasteiger partial charge < -0.3 is 9.47 Å². The number of piperidine rings is 1. The van der Waals surface area contributed by atoms with Crippen LogP contribution in [0.1, 0.15) is 24.8 Å². The predicted molar refractivity (Wildman–Crippen MR) is 92.2 cm³/mol. The highest BCUT2D eigenvalue weighted by Gasteiger charge is 2.13. The molecular weight excluding hydrogens is 292 g/mol. The molecule has 1 aromatic heterocycles. The molecule has 0 aliphatic carbocycles. The Bertz CT molecular complexity index is 617. The summed E-state index contributed by atoms with van der Waals surface area (Å²) >= 11 is 1.81. The maximum absolute atomic E-state index is 4.37. The highest BCUT2D eigenvalue weighted by Crippen LogP contribution is 2.23. The lowest BCUT2D eigenvalue weighted by molar-refractivity contribution is 0.242. The van der Waals surface area contributed by atoms with Crippen LogP contribution in [-0.4, -0.2) is 45.1 Å². The van der Waals surface area contributed by atoms with Gasteiger partial charge in [0.2, 0.25) is 0 Å². The summed E-state index contributed by atoms with van der Waals surface area (Å²) < 4.78 is 2.11. The van der Waals surface area contributed by atoms with Crippen LogP contribution in [0.2, 0.25) is 0 Å². The van der Waals surface area contributed by atoms with Crippen LogP contribution in [0.25, 0.3) is 11.4 Å². The third-order valence-electron chi connectivity index (χ3n) is 4.20. The van der Waals surface area contributed by atoms with Crippen molar-refractivity contribution in [2.75, 3.05) is 25.4 Å². The summed E-state index contributed by atoms with van der Waals surface area (Å²) in [6, 6.07) is 8.43. The first-order valence-corrected chi connectivity index (χ1v) is 9.04. The van der Waals surface area contributed by atoms with Gasteiger partial charge in [-0.25, -0.2) is 0 Å². The standard InChI is InChI=1S/C17H24N4S/c1-14-7-6-8-15(13-14)16-18-19-17(20(16)2)22-12-11-21-9-4-3-5-10-21/h6-8,13H,3-5,9-12H2,1-2H3. The summed E-state index contributed by atoms with van der Waals surface area (Å²) in [4.78, 5) is 2.56. The molecule has 22 heavy (non-hydrogen) atoms. The van der Waals surface area contributed by atoms with Crippen molar-refractivity contribution in [3.8, 4) is 11.4 Å². The summed E-state index contributed by atoms with van der Waals surface area (Å²) in [7, 11) is 2.06. The maximum Gasteiger partial charge on any atom is 0.191 e. The minimum absolute atomic E-state index is 0.948. The van der Waals surface area contributed by atoms with E-state index in [0.717, 1.165) is 28.8 Å². The van der Waals surface area contributed by atoms with E-state index >= 15 is 0 Å². The molecule has 118 valence electrons. The normalized spacial score (nSPS) is 16.1. The Kier molecular flexibility index (Phi) is 5.16. The van der Waals surface area contributed by atoms with Crippen LogP contribution in [0.15, 0.2) is 29.4 Å². The Hall–Kier alpha value is -1.33. The SMILES string of the molecule is Cc1cccc(-c2nnc(SCCN3CCCCC3)n2C)c1. The van der Waals surface area contributed by atoms with Crippen molar-refractivity contribution in [2.45, 2.75) is 31.3 Å². The van der Waals surface area contributed by atoms with Crippen LogP contribution in [0.3, 0.4) is 0 Å². The minimum atomic E-state index is 0.948. The number of aromatic nitrogens is 3. The van der Waals surface area contributed by atoms with Gasteiger partial charge in [0, 0.05) is 24.9 Å². The van der Waals surface area contributed by atoms with Crippen molar-refractivity contribution in [2.24, 2.45) is 7.05 Å². The average molecular weight is 316 g/mol. The fraction of sp³-hybridized carbons (Fsp3) is 0.529. The largest absolute Gasteiger partial charge is 0.305 e. The van der Waals surface area contributed by atoms with Crippen molar-refractivity contribution in [1.29, 1.82) is 0 Å². The predicted octanol–water partition coefficient (Wildman–Crippen LogP) is 3.37. The Morgan fingerprint density at radius 2 is 1.95 bits per heavy atom. The van der Waals surface area contributed by atoms with E-state index in [4.69, 9.17) is 0 Å². The number of likely N-dealkylation sites (tertiary alicyclic amines) is 1. The summed E-state index contributed by atoms with van der Waals surface area (Å²) in [6.45, 7) is 5.77. The van der Waals surface area contributed by atoms with Gasteiger partial charge in [0.1, 0.15) is 0 Å². The van der Waals surface area contributed by atoms with E-state index in [-0.39, 0.29) is 0 Å². The second-order valence-corrected chi connectivity index (χ2v) is 7.05. The van der Waals surface area contributed by atoms with Gasteiger partial charge in [0.25, 0.3) is 0 Å². The molecule has 0 saturated carbocycles. The molecule has 0 radical (unpaired) electrons. The topological polar surface area (TPSA) is 34.0 Å². The van der Waals surface area contributed by atoms with Crippen molar-refractivity contribution in [1.82, 2.24) is 19.7 Å². The van der Waals surface area contributed by atoms with E-state index in [1.165, 1.54) is 37.9 Å². The zero-order valence-electron chi connectivity index (χ0n) is 13.5. The lowest BCUT2D eigenvalue weighted by Gasteiger charge is -2.25. The molecule has 0 unspecified atom stereocenters. The molecule has 0 amide bonds. The minimum Gasteiger partial charge on any atom is -0.305 e. The molecule has 4 nitrogen and oxygen atoms in total. The Morgan fingerprint density at radius 1 is 1.14 bits per heavy atom. The van der Waals surface area contributed by atoms with E-state index in [0.29, 0.717) is 0 Å². The molecule has 1 fully saturated rings. The average Bonchev–Trinajstić information content (AvgIpc) is 2.90. The molecule has 3 rings (SSSR count).